The Hall–Kier alpha value is -0.570. The molecule has 0 saturated carbocycles. The van der Waals surface area contributed by atoms with E-state index in [0.29, 0.717) is 12.5 Å². The quantitative estimate of drug-likeness (QED) is 0.776. The third-order valence-corrected chi connectivity index (χ3v) is 5.30. The standard InChI is InChI=1S/C18H36N2O/c1-5-10-18(14-19,11-6-2)17(21)20-12-7-8-16(9-13-20)15(3)4/h15-16H,5-14,19H2,1-4H3. The maximum atomic E-state index is 13.1. The zero-order valence-corrected chi connectivity index (χ0v) is 14.7. The van der Waals surface area contributed by atoms with Crippen molar-refractivity contribution in [1.82, 2.24) is 4.90 Å². The van der Waals surface area contributed by atoms with Crippen LogP contribution in [0.25, 0.3) is 0 Å². The third kappa shape index (κ3) is 4.70. The number of carbonyl (C=O) groups excluding carboxylic acids is 1. The van der Waals surface area contributed by atoms with Crippen LogP contribution >= 0.6 is 0 Å². The van der Waals surface area contributed by atoms with Crippen LogP contribution in [0.15, 0.2) is 0 Å². The summed E-state index contributed by atoms with van der Waals surface area (Å²) >= 11 is 0. The second-order valence-corrected chi connectivity index (χ2v) is 7.21. The Labute approximate surface area is 131 Å². The molecule has 0 spiro atoms. The molecule has 1 fully saturated rings. The molecule has 3 nitrogen and oxygen atoms in total. The van der Waals surface area contributed by atoms with Crippen molar-refractivity contribution >= 4 is 5.91 Å². The van der Waals surface area contributed by atoms with Crippen molar-refractivity contribution in [3.8, 4) is 0 Å². The minimum absolute atomic E-state index is 0.304. The van der Waals surface area contributed by atoms with Crippen molar-refractivity contribution in [2.24, 2.45) is 23.0 Å². The fourth-order valence-electron chi connectivity index (χ4n) is 3.91. The van der Waals surface area contributed by atoms with E-state index in [1.807, 2.05) is 0 Å². The van der Waals surface area contributed by atoms with Crippen molar-refractivity contribution < 1.29 is 4.79 Å². The predicted molar refractivity (Wildman–Crippen MR) is 90.1 cm³/mol. The molecular formula is C18H36N2O. The van der Waals surface area contributed by atoms with Gasteiger partial charge in [0.15, 0.2) is 0 Å². The highest BCUT2D eigenvalue weighted by Crippen LogP contribution is 2.33. The molecule has 0 aromatic rings. The summed E-state index contributed by atoms with van der Waals surface area (Å²) in [6.45, 7) is 11.3. The number of amides is 1. The van der Waals surface area contributed by atoms with Crippen LogP contribution in [0.4, 0.5) is 0 Å². The van der Waals surface area contributed by atoms with Gasteiger partial charge in [0, 0.05) is 19.6 Å². The minimum Gasteiger partial charge on any atom is -0.342 e. The highest BCUT2D eigenvalue weighted by molar-refractivity contribution is 5.83. The Morgan fingerprint density at radius 2 is 1.81 bits per heavy atom. The van der Waals surface area contributed by atoms with Gasteiger partial charge in [-0.1, -0.05) is 40.5 Å². The van der Waals surface area contributed by atoms with Gasteiger partial charge >= 0.3 is 0 Å². The number of hydrogen-bond acceptors (Lipinski definition) is 2. The van der Waals surface area contributed by atoms with Crippen LogP contribution < -0.4 is 5.73 Å². The molecule has 0 aromatic heterocycles. The maximum Gasteiger partial charge on any atom is 0.230 e. The molecule has 0 aliphatic carbocycles. The van der Waals surface area contributed by atoms with Gasteiger partial charge in [-0.25, -0.2) is 0 Å². The fourth-order valence-corrected chi connectivity index (χ4v) is 3.91. The second-order valence-electron chi connectivity index (χ2n) is 7.21. The van der Waals surface area contributed by atoms with Crippen molar-refractivity contribution in [1.29, 1.82) is 0 Å². The summed E-state index contributed by atoms with van der Waals surface area (Å²) in [5.74, 6) is 1.83. The lowest BCUT2D eigenvalue weighted by Gasteiger charge is -2.36. The number of hydrogen-bond donors (Lipinski definition) is 1. The maximum absolute atomic E-state index is 13.1. The first kappa shape index (κ1) is 18.5. The molecule has 1 aliphatic rings. The molecule has 1 amide bonds. The molecule has 1 atom stereocenters. The van der Waals surface area contributed by atoms with E-state index in [-0.39, 0.29) is 5.41 Å². The molecule has 1 rings (SSSR count). The Bertz CT molecular complexity index is 308. The second kappa shape index (κ2) is 8.77. The van der Waals surface area contributed by atoms with Crippen LogP contribution in [-0.4, -0.2) is 30.4 Å². The lowest BCUT2D eigenvalue weighted by Crippen LogP contribution is -2.48. The summed E-state index contributed by atoms with van der Waals surface area (Å²) in [6.07, 6.45) is 7.49. The number of carbonyl (C=O) groups is 1. The van der Waals surface area contributed by atoms with Gasteiger partial charge < -0.3 is 10.6 Å². The topological polar surface area (TPSA) is 46.3 Å². The highest BCUT2D eigenvalue weighted by atomic mass is 16.2. The van der Waals surface area contributed by atoms with Crippen LogP contribution in [0.3, 0.4) is 0 Å². The van der Waals surface area contributed by atoms with Crippen LogP contribution in [0.2, 0.25) is 0 Å². The molecule has 0 radical (unpaired) electrons. The lowest BCUT2D eigenvalue weighted by molar-refractivity contribution is -0.142. The first-order valence-corrected chi connectivity index (χ1v) is 9.00. The van der Waals surface area contributed by atoms with Gasteiger partial charge in [0.1, 0.15) is 0 Å². The molecule has 0 aromatic carbocycles. The Balaban J connectivity index is 2.79. The van der Waals surface area contributed by atoms with Gasteiger partial charge in [-0.3, -0.25) is 4.79 Å². The lowest BCUT2D eigenvalue weighted by atomic mass is 9.77. The van der Waals surface area contributed by atoms with Gasteiger partial charge in [-0.15, -0.1) is 0 Å². The van der Waals surface area contributed by atoms with Crippen molar-refractivity contribution in [3.63, 3.8) is 0 Å². The number of nitrogens with two attached hydrogens (primary N) is 1. The van der Waals surface area contributed by atoms with E-state index in [9.17, 15) is 4.79 Å². The molecular weight excluding hydrogens is 260 g/mol. The van der Waals surface area contributed by atoms with Crippen LogP contribution in [0, 0.1) is 17.3 Å². The predicted octanol–water partition coefficient (Wildman–Crippen LogP) is 3.82. The van der Waals surface area contributed by atoms with Crippen LogP contribution in [0.1, 0.15) is 72.6 Å². The number of nitrogens with zero attached hydrogens (tertiary/aromatic N) is 1. The van der Waals surface area contributed by atoms with Crippen LogP contribution in [0.5, 0.6) is 0 Å². The van der Waals surface area contributed by atoms with Gasteiger partial charge in [0.2, 0.25) is 5.91 Å². The molecule has 3 heteroatoms. The first-order chi connectivity index (χ1) is 10.0. The highest BCUT2D eigenvalue weighted by Gasteiger charge is 2.38. The van der Waals surface area contributed by atoms with Gasteiger partial charge in [0.05, 0.1) is 5.41 Å². The minimum atomic E-state index is -0.304. The van der Waals surface area contributed by atoms with Gasteiger partial charge in [-0.2, -0.15) is 0 Å². The normalized spacial score (nSPS) is 20.7. The zero-order chi connectivity index (χ0) is 15.9. The Morgan fingerprint density at radius 1 is 1.19 bits per heavy atom. The number of likely N-dealkylation sites (tertiary alicyclic amines) is 1. The molecule has 124 valence electrons. The van der Waals surface area contributed by atoms with Crippen molar-refractivity contribution in [3.05, 3.63) is 0 Å². The molecule has 1 heterocycles. The van der Waals surface area contributed by atoms with E-state index in [1.54, 1.807) is 0 Å². The molecule has 1 saturated heterocycles. The number of rotatable bonds is 7. The monoisotopic (exact) mass is 296 g/mol. The van der Waals surface area contributed by atoms with Crippen molar-refractivity contribution in [2.45, 2.75) is 72.6 Å². The van der Waals surface area contributed by atoms with Crippen molar-refractivity contribution in [2.75, 3.05) is 19.6 Å². The van der Waals surface area contributed by atoms with Gasteiger partial charge in [0.25, 0.3) is 0 Å². The van der Waals surface area contributed by atoms with E-state index >= 15 is 0 Å². The van der Waals surface area contributed by atoms with E-state index in [4.69, 9.17) is 5.73 Å². The molecule has 2 N–H and O–H groups in total. The van der Waals surface area contributed by atoms with Gasteiger partial charge in [-0.05, 0) is 43.9 Å². The zero-order valence-electron chi connectivity index (χ0n) is 14.7. The molecule has 0 bridgehead atoms. The summed E-state index contributed by atoms with van der Waals surface area (Å²) in [7, 11) is 0. The average Bonchev–Trinajstić information content (AvgIpc) is 2.72. The molecule has 21 heavy (non-hydrogen) atoms. The largest absolute Gasteiger partial charge is 0.342 e. The van der Waals surface area contributed by atoms with E-state index in [1.165, 1.54) is 6.42 Å². The third-order valence-electron chi connectivity index (χ3n) is 5.30. The van der Waals surface area contributed by atoms with E-state index < -0.39 is 0 Å². The molecule has 1 unspecified atom stereocenters. The summed E-state index contributed by atoms with van der Waals surface area (Å²) in [6, 6.07) is 0. The Kier molecular flexibility index (Phi) is 7.72. The van der Waals surface area contributed by atoms with E-state index in [2.05, 4.69) is 32.6 Å². The fraction of sp³-hybridized carbons (Fsp3) is 0.944. The summed E-state index contributed by atoms with van der Waals surface area (Å²) in [4.78, 5) is 15.2. The smallest absolute Gasteiger partial charge is 0.230 e. The summed E-state index contributed by atoms with van der Waals surface area (Å²) in [5, 5.41) is 0. The Morgan fingerprint density at radius 3 is 2.29 bits per heavy atom. The average molecular weight is 296 g/mol. The summed E-state index contributed by atoms with van der Waals surface area (Å²) in [5.41, 5.74) is 5.75. The molecule has 1 aliphatic heterocycles. The SMILES string of the molecule is CCCC(CN)(CCC)C(=O)N1CCCC(C(C)C)CC1. The first-order valence-electron chi connectivity index (χ1n) is 9.00. The summed E-state index contributed by atoms with van der Waals surface area (Å²) < 4.78 is 0. The van der Waals surface area contributed by atoms with Crippen LogP contribution in [-0.2, 0) is 4.79 Å². The van der Waals surface area contributed by atoms with E-state index in [0.717, 1.165) is 63.5 Å².